The number of aliphatic hydroxyl groups is 1. The molecule has 18 heavy (non-hydrogen) atoms. The van der Waals surface area contributed by atoms with Gasteiger partial charge in [0.1, 0.15) is 5.82 Å². The van der Waals surface area contributed by atoms with Crippen LogP contribution in [-0.2, 0) is 0 Å². The van der Waals surface area contributed by atoms with Gasteiger partial charge in [0.05, 0.1) is 5.60 Å². The van der Waals surface area contributed by atoms with E-state index in [1.54, 1.807) is 19.1 Å². The Balaban J connectivity index is 2.65. The standard InChI is InChI=1S/C15H24FNO/c1-5-15(18,6-2)10-17-12(4)13-8-7-11(3)14(16)9-13/h7-9,12,17-18H,5-6,10H2,1-4H3. The average molecular weight is 253 g/mol. The van der Waals surface area contributed by atoms with Crippen LogP contribution < -0.4 is 5.32 Å². The fourth-order valence-corrected chi connectivity index (χ4v) is 1.84. The number of hydrogen-bond acceptors (Lipinski definition) is 2. The van der Waals surface area contributed by atoms with Crippen LogP contribution in [0, 0.1) is 12.7 Å². The lowest BCUT2D eigenvalue weighted by Crippen LogP contribution is -2.40. The summed E-state index contributed by atoms with van der Waals surface area (Å²) in [6.07, 6.45) is 1.43. The van der Waals surface area contributed by atoms with Crippen molar-refractivity contribution < 1.29 is 9.50 Å². The summed E-state index contributed by atoms with van der Waals surface area (Å²) in [6, 6.07) is 5.30. The highest BCUT2D eigenvalue weighted by Gasteiger charge is 2.22. The van der Waals surface area contributed by atoms with Crippen molar-refractivity contribution in [2.75, 3.05) is 6.54 Å². The SMILES string of the molecule is CCC(O)(CC)CNC(C)c1ccc(C)c(F)c1. The summed E-state index contributed by atoms with van der Waals surface area (Å²) in [4.78, 5) is 0. The topological polar surface area (TPSA) is 32.3 Å². The van der Waals surface area contributed by atoms with Crippen LogP contribution >= 0.6 is 0 Å². The second kappa shape index (κ2) is 6.30. The highest BCUT2D eigenvalue weighted by Crippen LogP contribution is 2.19. The number of rotatable bonds is 6. The van der Waals surface area contributed by atoms with Gasteiger partial charge in [-0.2, -0.15) is 0 Å². The number of hydrogen-bond donors (Lipinski definition) is 2. The molecule has 2 N–H and O–H groups in total. The van der Waals surface area contributed by atoms with Crippen molar-refractivity contribution in [1.82, 2.24) is 5.32 Å². The molecule has 1 aromatic rings. The zero-order chi connectivity index (χ0) is 13.8. The summed E-state index contributed by atoms with van der Waals surface area (Å²) in [5.41, 5.74) is 0.898. The van der Waals surface area contributed by atoms with Crippen LogP contribution in [0.25, 0.3) is 0 Å². The van der Waals surface area contributed by atoms with Gasteiger partial charge in [-0.05, 0) is 43.9 Å². The second-order valence-electron chi connectivity index (χ2n) is 5.04. The van der Waals surface area contributed by atoms with Gasteiger partial charge in [-0.3, -0.25) is 0 Å². The summed E-state index contributed by atoms with van der Waals surface area (Å²) < 4.78 is 13.5. The van der Waals surface area contributed by atoms with Crippen LogP contribution in [0.15, 0.2) is 18.2 Å². The lowest BCUT2D eigenvalue weighted by Gasteiger charge is -2.27. The first-order chi connectivity index (χ1) is 8.41. The number of halogens is 1. The van der Waals surface area contributed by atoms with Gasteiger partial charge in [0.15, 0.2) is 0 Å². The molecule has 0 aliphatic rings. The third-order valence-corrected chi connectivity index (χ3v) is 3.75. The molecule has 2 nitrogen and oxygen atoms in total. The normalized spacial score (nSPS) is 13.7. The molecule has 1 atom stereocenters. The minimum Gasteiger partial charge on any atom is -0.389 e. The van der Waals surface area contributed by atoms with E-state index >= 15 is 0 Å². The van der Waals surface area contributed by atoms with Gasteiger partial charge in [0.2, 0.25) is 0 Å². The second-order valence-corrected chi connectivity index (χ2v) is 5.04. The molecule has 1 rings (SSSR count). The number of nitrogens with one attached hydrogen (secondary N) is 1. The Bertz CT molecular complexity index is 388. The third kappa shape index (κ3) is 3.79. The predicted octanol–water partition coefficient (Wildman–Crippen LogP) is 3.34. The molecule has 0 spiro atoms. The molecular weight excluding hydrogens is 229 g/mol. The van der Waals surface area contributed by atoms with Crippen molar-refractivity contribution in [2.45, 2.75) is 52.2 Å². The molecule has 0 aromatic heterocycles. The van der Waals surface area contributed by atoms with E-state index < -0.39 is 5.60 Å². The van der Waals surface area contributed by atoms with Gasteiger partial charge in [0, 0.05) is 12.6 Å². The van der Waals surface area contributed by atoms with E-state index in [-0.39, 0.29) is 11.9 Å². The van der Waals surface area contributed by atoms with Gasteiger partial charge in [-0.1, -0.05) is 26.0 Å². The fraction of sp³-hybridized carbons (Fsp3) is 0.600. The van der Waals surface area contributed by atoms with Crippen LogP contribution in [0.1, 0.15) is 50.8 Å². The maximum absolute atomic E-state index is 13.5. The molecule has 0 saturated heterocycles. The summed E-state index contributed by atoms with van der Waals surface area (Å²) in [7, 11) is 0. The van der Waals surface area contributed by atoms with Gasteiger partial charge < -0.3 is 10.4 Å². The van der Waals surface area contributed by atoms with Gasteiger partial charge in [-0.15, -0.1) is 0 Å². The van der Waals surface area contributed by atoms with Gasteiger partial charge >= 0.3 is 0 Å². The van der Waals surface area contributed by atoms with E-state index in [2.05, 4.69) is 5.32 Å². The molecule has 0 aliphatic heterocycles. The van der Waals surface area contributed by atoms with E-state index in [1.807, 2.05) is 26.8 Å². The lowest BCUT2D eigenvalue weighted by atomic mass is 9.96. The molecule has 1 aromatic carbocycles. The smallest absolute Gasteiger partial charge is 0.126 e. The summed E-state index contributed by atoms with van der Waals surface area (Å²) >= 11 is 0. The predicted molar refractivity (Wildman–Crippen MR) is 73.1 cm³/mol. The number of benzene rings is 1. The van der Waals surface area contributed by atoms with Crippen LogP contribution in [0.3, 0.4) is 0 Å². The molecule has 1 unspecified atom stereocenters. The molecule has 3 heteroatoms. The van der Waals surface area contributed by atoms with Crippen LogP contribution in [0.4, 0.5) is 4.39 Å². The Morgan fingerprint density at radius 3 is 2.44 bits per heavy atom. The third-order valence-electron chi connectivity index (χ3n) is 3.75. The van der Waals surface area contributed by atoms with E-state index in [4.69, 9.17) is 0 Å². The van der Waals surface area contributed by atoms with Crippen LogP contribution in [0.2, 0.25) is 0 Å². The van der Waals surface area contributed by atoms with E-state index in [9.17, 15) is 9.50 Å². The molecule has 0 radical (unpaired) electrons. The van der Waals surface area contributed by atoms with E-state index in [0.29, 0.717) is 24.9 Å². The van der Waals surface area contributed by atoms with Crippen LogP contribution in [-0.4, -0.2) is 17.3 Å². The van der Waals surface area contributed by atoms with Gasteiger partial charge in [0.25, 0.3) is 0 Å². The summed E-state index contributed by atoms with van der Waals surface area (Å²) in [5.74, 6) is -0.178. The maximum atomic E-state index is 13.5. The monoisotopic (exact) mass is 253 g/mol. The van der Waals surface area contributed by atoms with Crippen molar-refractivity contribution in [2.24, 2.45) is 0 Å². The first kappa shape index (κ1) is 15.1. The Hall–Kier alpha value is -0.930. The molecule has 0 heterocycles. The quantitative estimate of drug-likeness (QED) is 0.815. The maximum Gasteiger partial charge on any atom is 0.126 e. The zero-order valence-corrected chi connectivity index (χ0v) is 11.8. The molecule has 0 aliphatic carbocycles. The number of aryl methyl sites for hydroxylation is 1. The summed E-state index contributed by atoms with van der Waals surface area (Å²) in [5, 5.41) is 13.5. The van der Waals surface area contributed by atoms with Crippen molar-refractivity contribution in [3.05, 3.63) is 35.1 Å². The minimum absolute atomic E-state index is 0.0322. The van der Waals surface area contributed by atoms with E-state index in [1.165, 1.54) is 0 Å². The fourth-order valence-electron chi connectivity index (χ4n) is 1.84. The Morgan fingerprint density at radius 1 is 1.33 bits per heavy atom. The first-order valence-corrected chi connectivity index (χ1v) is 6.63. The molecule has 0 amide bonds. The van der Waals surface area contributed by atoms with Crippen molar-refractivity contribution in [3.63, 3.8) is 0 Å². The first-order valence-electron chi connectivity index (χ1n) is 6.63. The highest BCUT2D eigenvalue weighted by molar-refractivity contribution is 5.25. The van der Waals surface area contributed by atoms with Crippen molar-refractivity contribution in [1.29, 1.82) is 0 Å². The zero-order valence-electron chi connectivity index (χ0n) is 11.8. The van der Waals surface area contributed by atoms with Crippen molar-refractivity contribution in [3.8, 4) is 0 Å². The molecule has 102 valence electrons. The Morgan fingerprint density at radius 2 is 1.94 bits per heavy atom. The summed E-state index contributed by atoms with van der Waals surface area (Å²) in [6.45, 7) is 8.21. The Labute approximate surface area is 109 Å². The highest BCUT2D eigenvalue weighted by atomic mass is 19.1. The minimum atomic E-state index is -0.669. The van der Waals surface area contributed by atoms with Gasteiger partial charge in [-0.25, -0.2) is 4.39 Å². The molecular formula is C15H24FNO. The molecule has 0 bridgehead atoms. The van der Waals surface area contributed by atoms with Crippen molar-refractivity contribution >= 4 is 0 Å². The Kier molecular flexibility index (Phi) is 5.29. The molecule has 0 fully saturated rings. The van der Waals surface area contributed by atoms with E-state index in [0.717, 1.165) is 5.56 Å². The van der Waals surface area contributed by atoms with Crippen LogP contribution in [0.5, 0.6) is 0 Å². The average Bonchev–Trinajstić information content (AvgIpc) is 2.38. The molecule has 0 saturated carbocycles. The lowest BCUT2D eigenvalue weighted by molar-refractivity contribution is 0.0303. The largest absolute Gasteiger partial charge is 0.389 e.